The van der Waals surface area contributed by atoms with Crippen LogP contribution in [0.3, 0.4) is 0 Å². The van der Waals surface area contributed by atoms with Gasteiger partial charge in [-0.25, -0.2) is 0 Å². The predicted molar refractivity (Wildman–Crippen MR) is 123 cm³/mol. The van der Waals surface area contributed by atoms with E-state index in [0.29, 0.717) is 0 Å². The van der Waals surface area contributed by atoms with Crippen LogP contribution >= 0.6 is 23.2 Å². The molecule has 5 rings (SSSR count). The van der Waals surface area contributed by atoms with Crippen LogP contribution < -0.4 is 0 Å². The Kier molecular flexibility index (Phi) is 4.70. The lowest BCUT2D eigenvalue weighted by molar-refractivity contribution is 0.520. The van der Waals surface area contributed by atoms with Gasteiger partial charge in [-0.2, -0.15) is 0 Å². The highest BCUT2D eigenvalue weighted by molar-refractivity contribution is 6.31. The van der Waals surface area contributed by atoms with Gasteiger partial charge in [-0.05, 0) is 70.5 Å². The molecule has 1 aliphatic carbocycles. The maximum atomic E-state index is 6.50. The van der Waals surface area contributed by atoms with Crippen molar-refractivity contribution in [2.75, 3.05) is 0 Å². The second-order valence-electron chi connectivity index (χ2n) is 7.79. The molecule has 0 nitrogen and oxygen atoms in total. The maximum absolute atomic E-state index is 6.50. The molecule has 0 spiro atoms. The number of benzene rings is 4. The molecule has 0 amide bonds. The van der Waals surface area contributed by atoms with Crippen molar-refractivity contribution < 1.29 is 0 Å². The fourth-order valence-corrected chi connectivity index (χ4v) is 5.12. The largest absolute Gasteiger partial charge is 0.0843 e. The summed E-state index contributed by atoms with van der Waals surface area (Å²) in [5.74, 6) is 0. The fourth-order valence-electron chi connectivity index (χ4n) is 4.77. The average Bonchev–Trinajstić information content (AvgIpc) is 2.98. The molecule has 1 aliphatic rings. The quantitative estimate of drug-likeness (QED) is 0.320. The van der Waals surface area contributed by atoms with Crippen LogP contribution in [0.2, 0.25) is 10.0 Å². The zero-order valence-electron chi connectivity index (χ0n) is 15.9. The molecule has 0 N–H and O–H groups in total. The van der Waals surface area contributed by atoms with E-state index in [2.05, 4.69) is 84.9 Å². The second kappa shape index (κ2) is 7.37. The summed E-state index contributed by atoms with van der Waals surface area (Å²) in [4.78, 5) is 0. The molecule has 0 unspecified atom stereocenters. The number of rotatable bonds is 4. The Morgan fingerprint density at radius 1 is 0.517 bits per heavy atom. The first-order valence-electron chi connectivity index (χ1n) is 9.84. The van der Waals surface area contributed by atoms with Gasteiger partial charge < -0.3 is 0 Å². The van der Waals surface area contributed by atoms with Crippen molar-refractivity contribution in [1.82, 2.24) is 0 Å². The molecule has 4 aromatic carbocycles. The van der Waals surface area contributed by atoms with E-state index in [1.54, 1.807) is 0 Å². The summed E-state index contributed by atoms with van der Waals surface area (Å²) in [5.41, 5.74) is 7.48. The predicted octanol–water partition coefficient (Wildman–Crippen LogP) is 7.75. The van der Waals surface area contributed by atoms with Crippen LogP contribution in [0.4, 0.5) is 0 Å². The molecular formula is C27H20Cl2. The van der Waals surface area contributed by atoms with E-state index < -0.39 is 0 Å². The van der Waals surface area contributed by atoms with E-state index in [-0.39, 0.29) is 5.41 Å². The van der Waals surface area contributed by atoms with Crippen molar-refractivity contribution in [3.63, 3.8) is 0 Å². The number of hydrogen-bond acceptors (Lipinski definition) is 0. The van der Waals surface area contributed by atoms with Crippen molar-refractivity contribution >= 4 is 23.2 Å². The zero-order valence-corrected chi connectivity index (χ0v) is 17.4. The van der Waals surface area contributed by atoms with Gasteiger partial charge in [-0.1, -0.05) is 96.0 Å². The SMILES string of the molecule is Clc1ccc2c(c1)C(Cc1ccccc1)(Cc1ccccc1)c1cc(Cl)ccc1-2. The Bertz CT molecular complexity index is 1070. The summed E-state index contributed by atoms with van der Waals surface area (Å²) in [5, 5.41) is 1.54. The Labute approximate surface area is 181 Å². The highest BCUT2D eigenvalue weighted by Crippen LogP contribution is 2.53. The summed E-state index contributed by atoms with van der Waals surface area (Å²) in [6.07, 6.45) is 1.78. The average molecular weight is 415 g/mol. The van der Waals surface area contributed by atoms with Gasteiger partial charge in [0.05, 0.1) is 0 Å². The first-order valence-corrected chi connectivity index (χ1v) is 10.6. The van der Waals surface area contributed by atoms with Crippen LogP contribution in [-0.4, -0.2) is 0 Å². The van der Waals surface area contributed by atoms with Gasteiger partial charge in [0, 0.05) is 15.5 Å². The van der Waals surface area contributed by atoms with Gasteiger partial charge >= 0.3 is 0 Å². The summed E-state index contributed by atoms with van der Waals surface area (Å²) in [6.45, 7) is 0. The lowest BCUT2D eigenvalue weighted by atomic mass is 9.69. The second-order valence-corrected chi connectivity index (χ2v) is 8.66. The van der Waals surface area contributed by atoms with Gasteiger partial charge in [-0.15, -0.1) is 0 Å². The highest BCUT2D eigenvalue weighted by Gasteiger charge is 2.43. The lowest BCUT2D eigenvalue weighted by Gasteiger charge is -2.33. The van der Waals surface area contributed by atoms with Gasteiger partial charge in [0.15, 0.2) is 0 Å². The summed E-state index contributed by atoms with van der Waals surface area (Å²) >= 11 is 13.0. The molecule has 29 heavy (non-hydrogen) atoms. The molecule has 0 aliphatic heterocycles. The Hall–Kier alpha value is -2.54. The van der Waals surface area contributed by atoms with Crippen molar-refractivity contribution in [1.29, 1.82) is 0 Å². The zero-order chi connectivity index (χ0) is 19.8. The van der Waals surface area contributed by atoms with Crippen LogP contribution in [0.1, 0.15) is 22.3 Å². The molecule has 0 radical (unpaired) electrons. The first kappa shape index (κ1) is 18.5. The molecule has 0 aromatic heterocycles. The standard InChI is InChI=1S/C27H20Cl2/c28-21-11-13-23-24-14-12-22(29)16-26(24)27(25(23)15-21,17-19-7-3-1-4-8-19)18-20-9-5-2-6-10-20/h1-16H,17-18H2. The highest BCUT2D eigenvalue weighted by atomic mass is 35.5. The van der Waals surface area contributed by atoms with Crippen LogP contribution in [0, 0.1) is 0 Å². The van der Waals surface area contributed by atoms with Gasteiger partial charge in [0.25, 0.3) is 0 Å². The third kappa shape index (κ3) is 3.27. The Morgan fingerprint density at radius 3 is 1.34 bits per heavy atom. The van der Waals surface area contributed by atoms with Crippen molar-refractivity contribution in [2.45, 2.75) is 18.3 Å². The van der Waals surface area contributed by atoms with Crippen molar-refractivity contribution in [3.05, 3.63) is 129 Å². The number of halogens is 2. The number of hydrogen-bond donors (Lipinski definition) is 0. The fraction of sp³-hybridized carbons (Fsp3) is 0.111. The van der Waals surface area contributed by atoms with Crippen LogP contribution in [0.5, 0.6) is 0 Å². The van der Waals surface area contributed by atoms with Crippen LogP contribution in [0.15, 0.2) is 97.1 Å². The first-order chi connectivity index (χ1) is 14.2. The van der Waals surface area contributed by atoms with E-state index in [4.69, 9.17) is 23.2 Å². The summed E-state index contributed by atoms with van der Waals surface area (Å²) in [6, 6.07) is 34.0. The minimum absolute atomic E-state index is 0.219. The van der Waals surface area contributed by atoms with E-state index in [1.807, 2.05) is 12.1 Å². The Balaban J connectivity index is 1.79. The van der Waals surface area contributed by atoms with E-state index in [9.17, 15) is 0 Å². The van der Waals surface area contributed by atoms with E-state index in [0.717, 1.165) is 22.9 Å². The van der Waals surface area contributed by atoms with Crippen molar-refractivity contribution in [2.24, 2.45) is 0 Å². The van der Waals surface area contributed by atoms with Crippen LogP contribution in [0.25, 0.3) is 11.1 Å². The van der Waals surface area contributed by atoms with Gasteiger partial charge in [0.2, 0.25) is 0 Å². The molecule has 0 heterocycles. The van der Waals surface area contributed by atoms with Crippen molar-refractivity contribution in [3.8, 4) is 11.1 Å². The summed E-state index contributed by atoms with van der Waals surface area (Å²) < 4.78 is 0. The normalized spacial score (nSPS) is 13.7. The minimum atomic E-state index is -0.219. The molecule has 2 heteroatoms. The van der Waals surface area contributed by atoms with E-state index in [1.165, 1.54) is 33.4 Å². The molecule has 0 bridgehead atoms. The number of fused-ring (bicyclic) bond motifs is 3. The van der Waals surface area contributed by atoms with E-state index >= 15 is 0 Å². The molecular weight excluding hydrogens is 395 g/mol. The van der Waals surface area contributed by atoms with Gasteiger partial charge in [0.1, 0.15) is 0 Å². The van der Waals surface area contributed by atoms with Gasteiger partial charge in [-0.3, -0.25) is 0 Å². The molecule has 0 saturated heterocycles. The topological polar surface area (TPSA) is 0 Å². The molecule has 0 saturated carbocycles. The smallest absolute Gasteiger partial charge is 0.0409 e. The minimum Gasteiger partial charge on any atom is -0.0843 e. The molecule has 142 valence electrons. The molecule has 0 atom stereocenters. The summed E-state index contributed by atoms with van der Waals surface area (Å²) in [7, 11) is 0. The Morgan fingerprint density at radius 2 is 0.931 bits per heavy atom. The maximum Gasteiger partial charge on any atom is 0.0409 e. The lowest BCUT2D eigenvalue weighted by Crippen LogP contribution is -2.31. The third-order valence-corrected chi connectivity index (χ3v) is 6.45. The third-order valence-electron chi connectivity index (χ3n) is 5.98. The van der Waals surface area contributed by atoms with Crippen LogP contribution in [-0.2, 0) is 18.3 Å². The molecule has 0 fully saturated rings. The monoisotopic (exact) mass is 414 g/mol. The molecule has 4 aromatic rings.